The van der Waals surface area contributed by atoms with Gasteiger partial charge in [0.2, 0.25) is 16.9 Å². The molecule has 1 fully saturated rings. The fourth-order valence-corrected chi connectivity index (χ4v) is 4.26. The van der Waals surface area contributed by atoms with E-state index in [-0.39, 0.29) is 11.8 Å². The maximum absolute atomic E-state index is 12.8. The van der Waals surface area contributed by atoms with Crippen molar-refractivity contribution in [3.8, 4) is 16.3 Å². The molecule has 1 aliphatic heterocycles. The minimum Gasteiger partial charge on any atom is -0.497 e. The van der Waals surface area contributed by atoms with Crippen molar-refractivity contribution in [2.45, 2.75) is 57.9 Å². The maximum atomic E-state index is 12.8. The first-order valence-electron chi connectivity index (χ1n) is 10.2. The Labute approximate surface area is 175 Å². The molecule has 1 aliphatic rings. The molecule has 0 spiro atoms. The largest absolute Gasteiger partial charge is 0.497 e. The number of nitrogens with one attached hydrogen (secondary N) is 1. The molecular weight excluding hydrogens is 388 g/mol. The molecule has 1 saturated heterocycles. The number of hydrogen-bond acceptors (Lipinski definition) is 6. The fraction of sp³-hybridized carbons (Fsp3) is 0.524. The number of rotatable bonds is 9. The van der Waals surface area contributed by atoms with Crippen molar-refractivity contribution in [1.82, 2.24) is 15.1 Å². The van der Waals surface area contributed by atoms with Crippen LogP contribution in [0.4, 0.5) is 5.13 Å². The molecule has 0 aliphatic carbocycles. The van der Waals surface area contributed by atoms with Crippen molar-refractivity contribution >= 4 is 28.3 Å². The highest BCUT2D eigenvalue weighted by Crippen LogP contribution is 2.29. The van der Waals surface area contributed by atoms with Gasteiger partial charge >= 0.3 is 0 Å². The number of nitrogens with zero attached hydrogens (tertiary/aromatic N) is 3. The summed E-state index contributed by atoms with van der Waals surface area (Å²) >= 11 is 1.31. The summed E-state index contributed by atoms with van der Waals surface area (Å²) in [6.45, 7) is 2.80. The number of unbranched alkanes of at least 4 members (excludes halogenated alkanes) is 3. The number of ether oxygens (including phenoxy) is 1. The van der Waals surface area contributed by atoms with E-state index in [1.54, 1.807) is 12.0 Å². The average molecular weight is 417 g/mol. The molecule has 1 atom stereocenters. The Bertz CT molecular complexity index is 839. The number of aromatic nitrogens is 2. The summed E-state index contributed by atoms with van der Waals surface area (Å²) in [5, 5.41) is 12.3. The standard InChI is InChI=1S/C21H28N4O3S/c1-3-4-5-6-12-18(26)25-13-8-11-17(25)19(27)22-21-24-23-20(29-21)15-9-7-10-16(14-15)28-2/h7,9-10,14,17H,3-6,8,11-13H2,1-2H3,(H,22,24,27). The van der Waals surface area contributed by atoms with Crippen molar-refractivity contribution in [3.05, 3.63) is 24.3 Å². The van der Waals surface area contributed by atoms with Crippen LogP contribution in [0.3, 0.4) is 0 Å². The van der Waals surface area contributed by atoms with E-state index in [1.807, 2.05) is 24.3 Å². The number of benzene rings is 1. The Morgan fingerprint density at radius 3 is 2.93 bits per heavy atom. The van der Waals surface area contributed by atoms with Crippen molar-refractivity contribution in [1.29, 1.82) is 0 Å². The van der Waals surface area contributed by atoms with E-state index in [0.29, 0.717) is 29.5 Å². The zero-order valence-electron chi connectivity index (χ0n) is 17.0. The van der Waals surface area contributed by atoms with Crippen LogP contribution in [0.5, 0.6) is 5.75 Å². The second-order valence-electron chi connectivity index (χ2n) is 7.19. The molecular formula is C21H28N4O3S. The van der Waals surface area contributed by atoms with Crippen LogP contribution in [0, 0.1) is 0 Å². The first-order valence-corrected chi connectivity index (χ1v) is 11.0. The minimum absolute atomic E-state index is 0.0769. The Kier molecular flexibility index (Phi) is 7.57. The van der Waals surface area contributed by atoms with E-state index < -0.39 is 6.04 Å². The molecule has 1 N–H and O–H groups in total. The van der Waals surface area contributed by atoms with Gasteiger partial charge in [-0.15, -0.1) is 10.2 Å². The first-order chi connectivity index (χ1) is 14.1. The van der Waals surface area contributed by atoms with Crippen molar-refractivity contribution < 1.29 is 14.3 Å². The van der Waals surface area contributed by atoms with E-state index >= 15 is 0 Å². The Morgan fingerprint density at radius 1 is 1.28 bits per heavy atom. The van der Waals surface area contributed by atoms with Crippen LogP contribution in [0.15, 0.2) is 24.3 Å². The molecule has 2 aromatic rings. The highest BCUT2D eigenvalue weighted by atomic mass is 32.1. The third-order valence-electron chi connectivity index (χ3n) is 5.09. The highest BCUT2D eigenvalue weighted by Gasteiger charge is 2.34. The van der Waals surface area contributed by atoms with Gasteiger partial charge in [-0.1, -0.05) is 49.7 Å². The summed E-state index contributed by atoms with van der Waals surface area (Å²) in [7, 11) is 1.61. The van der Waals surface area contributed by atoms with Gasteiger partial charge in [0.25, 0.3) is 0 Å². The lowest BCUT2D eigenvalue weighted by Crippen LogP contribution is -2.43. The monoisotopic (exact) mass is 416 g/mol. The maximum Gasteiger partial charge on any atom is 0.249 e. The molecule has 1 unspecified atom stereocenters. The molecule has 7 nitrogen and oxygen atoms in total. The predicted molar refractivity (Wildman–Crippen MR) is 114 cm³/mol. The van der Waals surface area contributed by atoms with Gasteiger partial charge in [-0.3, -0.25) is 14.9 Å². The Morgan fingerprint density at radius 2 is 2.14 bits per heavy atom. The molecule has 29 heavy (non-hydrogen) atoms. The van der Waals surface area contributed by atoms with Crippen LogP contribution >= 0.6 is 11.3 Å². The van der Waals surface area contributed by atoms with E-state index in [0.717, 1.165) is 43.4 Å². The van der Waals surface area contributed by atoms with Crippen LogP contribution in [-0.2, 0) is 9.59 Å². The van der Waals surface area contributed by atoms with E-state index in [4.69, 9.17) is 4.74 Å². The lowest BCUT2D eigenvalue weighted by atomic mass is 10.1. The molecule has 0 saturated carbocycles. The van der Waals surface area contributed by atoms with Gasteiger partial charge in [0.05, 0.1) is 7.11 Å². The number of carbonyl (C=O) groups is 2. The predicted octanol–water partition coefficient (Wildman–Crippen LogP) is 4.11. The summed E-state index contributed by atoms with van der Waals surface area (Å²) in [5.74, 6) is 0.633. The topological polar surface area (TPSA) is 84.4 Å². The molecule has 1 aromatic carbocycles. The van der Waals surface area contributed by atoms with Crippen molar-refractivity contribution in [2.24, 2.45) is 0 Å². The lowest BCUT2D eigenvalue weighted by molar-refractivity contribution is -0.136. The van der Waals surface area contributed by atoms with Crippen LogP contribution in [-0.4, -0.2) is 46.6 Å². The number of carbonyl (C=O) groups excluding carboxylic acids is 2. The van der Waals surface area contributed by atoms with Gasteiger partial charge in [0.15, 0.2) is 0 Å². The normalized spacial score (nSPS) is 16.1. The van der Waals surface area contributed by atoms with Crippen LogP contribution in [0.25, 0.3) is 10.6 Å². The van der Waals surface area contributed by atoms with Gasteiger partial charge in [-0.2, -0.15) is 0 Å². The molecule has 0 radical (unpaired) electrons. The van der Waals surface area contributed by atoms with E-state index in [2.05, 4.69) is 22.4 Å². The van der Waals surface area contributed by atoms with Crippen LogP contribution < -0.4 is 10.1 Å². The number of likely N-dealkylation sites (tertiary alicyclic amines) is 1. The van der Waals surface area contributed by atoms with Crippen LogP contribution in [0.1, 0.15) is 51.9 Å². The summed E-state index contributed by atoms with van der Waals surface area (Å²) < 4.78 is 5.24. The van der Waals surface area contributed by atoms with Gasteiger partial charge in [-0.05, 0) is 31.4 Å². The number of methoxy groups -OCH3 is 1. The van der Waals surface area contributed by atoms with E-state index in [9.17, 15) is 9.59 Å². The SMILES string of the molecule is CCCCCCC(=O)N1CCCC1C(=O)Nc1nnc(-c2cccc(OC)c2)s1. The quantitative estimate of drug-likeness (QED) is 0.622. The number of amides is 2. The first kappa shape index (κ1) is 21.2. The van der Waals surface area contributed by atoms with Gasteiger partial charge < -0.3 is 9.64 Å². The van der Waals surface area contributed by atoms with Crippen LogP contribution in [0.2, 0.25) is 0 Å². The summed E-state index contributed by atoms with van der Waals surface area (Å²) in [4.78, 5) is 27.0. The van der Waals surface area contributed by atoms with Gasteiger partial charge in [-0.25, -0.2) is 0 Å². The molecule has 1 aromatic heterocycles. The molecule has 8 heteroatoms. The van der Waals surface area contributed by atoms with Crippen molar-refractivity contribution in [2.75, 3.05) is 19.0 Å². The Hall–Kier alpha value is -2.48. The zero-order chi connectivity index (χ0) is 20.6. The average Bonchev–Trinajstić information content (AvgIpc) is 3.41. The molecule has 3 rings (SSSR count). The van der Waals surface area contributed by atoms with Gasteiger partial charge in [0, 0.05) is 18.5 Å². The molecule has 2 heterocycles. The molecule has 0 bridgehead atoms. The van der Waals surface area contributed by atoms with E-state index in [1.165, 1.54) is 11.3 Å². The summed E-state index contributed by atoms with van der Waals surface area (Å²) in [6, 6.07) is 7.13. The number of anilines is 1. The molecule has 2 amide bonds. The minimum atomic E-state index is -0.419. The second-order valence-corrected chi connectivity index (χ2v) is 8.17. The fourth-order valence-electron chi connectivity index (χ4n) is 3.52. The second kappa shape index (κ2) is 10.3. The van der Waals surface area contributed by atoms with Crippen molar-refractivity contribution in [3.63, 3.8) is 0 Å². The highest BCUT2D eigenvalue weighted by molar-refractivity contribution is 7.18. The number of hydrogen-bond donors (Lipinski definition) is 1. The van der Waals surface area contributed by atoms with Gasteiger partial charge in [0.1, 0.15) is 16.8 Å². The molecule has 156 valence electrons. The lowest BCUT2D eigenvalue weighted by Gasteiger charge is -2.23. The smallest absolute Gasteiger partial charge is 0.249 e. The Balaban J connectivity index is 1.59. The zero-order valence-corrected chi connectivity index (χ0v) is 17.8. The third kappa shape index (κ3) is 5.53. The summed E-state index contributed by atoms with van der Waals surface area (Å²) in [5.41, 5.74) is 0.882. The third-order valence-corrected chi connectivity index (χ3v) is 5.98. The summed E-state index contributed by atoms with van der Waals surface area (Å²) in [6.07, 6.45) is 6.29.